The number of nitrogens with zero attached hydrogens (tertiary/aromatic N) is 3. The second-order valence-corrected chi connectivity index (χ2v) is 6.51. The Bertz CT molecular complexity index is 756. The zero-order chi connectivity index (χ0) is 16.3. The molecule has 2 fully saturated rings. The van der Waals surface area contributed by atoms with E-state index in [9.17, 15) is 19.0 Å². The van der Waals surface area contributed by atoms with Crippen molar-refractivity contribution in [3.8, 4) is 0 Å². The van der Waals surface area contributed by atoms with E-state index in [2.05, 4.69) is 15.3 Å². The Hall–Kier alpha value is -1.51. The largest absolute Gasteiger partial charge is 0.390 e. The maximum atomic E-state index is 12.4. The lowest BCUT2D eigenvalue weighted by Crippen LogP contribution is -2.31. The summed E-state index contributed by atoms with van der Waals surface area (Å²) in [5, 5.41) is 23.0. The molecule has 0 aliphatic heterocycles. The summed E-state index contributed by atoms with van der Waals surface area (Å²) in [7, 11) is 0. The first kappa shape index (κ1) is 15.0. The van der Waals surface area contributed by atoms with Crippen molar-refractivity contribution in [2.45, 2.75) is 31.1 Å². The normalized spacial score (nSPS) is 32.5. The molecule has 2 aliphatic carbocycles. The van der Waals surface area contributed by atoms with Crippen LogP contribution in [0, 0.1) is 11.8 Å². The van der Waals surface area contributed by atoms with Gasteiger partial charge in [-0.3, -0.25) is 0 Å². The lowest BCUT2D eigenvalue weighted by molar-refractivity contribution is 0.00386. The number of aliphatic hydroxyl groups excluding tert-OH is 2. The van der Waals surface area contributed by atoms with Crippen LogP contribution in [0.4, 0.5) is 14.5 Å². The van der Waals surface area contributed by atoms with Crippen LogP contribution in [-0.4, -0.2) is 49.9 Å². The number of alkyl halides is 2. The third kappa shape index (κ3) is 2.36. The number of aromatic nitrogens is 3. The van der Waals surface area contributed by atoms with Crippen LogP contribution < -0.4 is 5.32 Å². The van der Waals surface area contributed by atoms with E-state index < -0.39 is 25.2 Å². The van der Waals surface area contributed by atoms with E-state index in [1.807, 2.05) is 0 Å². The predicted molar refractivity (Wildman–Crippen MR) is 79.7 cm³/mol. The van der Waals surface area contributed by atoms with Gasteiger partial charge < -0.3 is 20.1 Å². The minimum absolute atomic E-state index is 0.100. The molecule has 0 radical (unpaired) electrons. The number of hydrogen-bond acceptors (Lipinski definition) is 5. The molecule has 0 bridgehead atoms. The molecule has 0 unspecified atom stereocenters. The SMILES string of the molecule is O[C@@H]1[C@H](O)[C@@H]2C[C@@H]2[C@H]1n1cnc2c(NCC(F)F)cc(Cl)nc21. The lowest BCUT2D eigenvalue weighted by Gasteiger charge is -2.22. The first-order valence-corrected chi connectivity index (χ1v) is 7.76. The van der Waals surface area contributed by atoms with Crippen molar-refractivity contribution in [1.82, 2.24) is 14.5 Å². The Morgan fingerprint density at radius 1 is 1.35 bits per heavy atom. The van der Waals surface area contributed by atoms with Gasteiger partial charge in [0.25, 0.3) is 6.43 Å². The molecule has 23 heavy (non-hydrogen) atoms. The average molecular weight is 345 g/mol. The molecular weight excluding hydrogens is 330 g/mol. The van der Waals surface area contributed by atoms with Gasteiger partial charge >= 0.3 is 0 Å². The number of fused-ring (bicyclic) bond motifs is 2. The molecule has 4 rings (SSSR count). The molecule has 2 aromatic rings. The molecule has 2 saturated carbocycles. The van der Waals surface area contributed by atoms with Crippen molar-refractivity contribution in [2.75, 3.05) is 11.9 Å². The average Bonchev–Trinajstić information content (AvgIpc) is 3.11. The summed E-state index contributed by atoms with van der Waals surface area (Å²) in [6, 6.07) is 1.12. The molecule has 5 atom stereocenters. The molecule has 2 heterocycles. The summed E-state index contributed by atoms with van der Waals surface area (Å²) in [5.74, 6) is 0.277. The van der Waals surface area contributed by atoms with Crippen molar-refractivity contribution in [3.05, 3.63) is 17.5 Å². The van der Waals surface area contributed by atoms with Crippen LogP contribution in [0.15, 0.2) is 12.4 Å². The van der Waals surface area contributed by atoms with Gasteiger partial charge in [0.2, 0.25) is 0 Å². The highest BCUT2D eigenvalue weighted by atomic mass is 35.5. The van der Waals surface area contributed by atoms with Crippen molar-refractivity contribution in [1.29, 1.82) is 0 Å². The number of rotatable bonds is 4. The van der Waals surface area contributed by atoms with Gasteiger partial charge in [0, 0.05) is 6.07 Å². The Kier molecular flexibility index (Phi) is 3.44. The number of anilines is 1. The van der Waals surface area contributed by atoms with Gasteiger partial charge in [-0.1, -0.05) is 11.6 Å². The first-order valence-electron chi connectivity index (χ1n) is 7.38. The molecule has 3 N–H and O–H groups in total. The van der Waals surface area contributed by atoms with Gasteiger partial charge in [0.15, 0.2) is 5.65 Å². The van der Waals surface area contributed by atoms with Crippen LogP contribution in [-0.2, 0) is 0 Å². The molecule has 2 aromatic heterocycles. The molecule has 2 aliphatic rings. The molecule has 6 nitrogen and oxygen atoms in total. The number of nitrogens with one attached hydrogen (secondary N) is 1. The summed E-state index contributed by atoms with van der Waals surface area (Å²) in [4.78, 5) is 8.46. The maximum Gasteiger partial charge on any atom is 0.255 e. The number of pyridine rings is 1. The fraction of sp³-hybridized carbons (Fsp3) is 0.571. The number of imidazole rings is 1. The van der Waals surface area contributed by atoms with Gasteiger partial charge in [0.1, 0.15) is 16.8 Å². The quantitative estimate of drug-likeness (QED) is 0.735. The Labute approximate surface area is 135 Å². The molecule has 0 spiro atoms. The molecule has 9 heteroatoms. The zero-order valence-corrected chi connectivity index (χ0v) is 12.7. The Morgan fingerprint density at radius 3 is 2.78 bits per heavy atom. The lowest BCUT2D eigenvalue weighted by atomic mass is 10.1. The standard InChI is InChI=1S/C14H15ClF2N4O2/c15-8-2-7(18-3-9(16)17)10-14(20-8)21(4-19-10)11-5-1-6(5)12(22)13(11)23/h2,4-6,9,11-13,22-23H,1,3H2,(H,18,20)/t5-,6+,11+,12+,13-/m0/s1. The van der Waals surface area contributed by atoms with Gasteiger partial charge in [-0.2, -0.15) is 0 Å². The fourth-order valence-corrected chi connectivity index (χ4v) is 3.81. The summed E-state index contributed by atoms with van der Waals surface area (Å²) in [5.41, 5.74) is 1.21. The second kappa shape index (κ2) is 5.25. The van der Waals surface area contributed by atoms with Crippen LogP contribution in [0.5, 0.6) is 0 Å². The van der Waals surface area contributed by atoms with Crippen molar-refractivity contribution < 1.29 is 19.0 Å². The van der Waals surface area contributed by atoms with Gasteiger partial charge in [-0.15, -0.1) is 0 Å². The van der Waals surface area contributed by atoms with Gasteiger partial charge in [-0.05, 0) is 18.3 Å². The highest BCUT2D eigenvalue weighted by Crippen LogP contribution is 2.57. The van der Waals surface area contributed by atoms with E-state index >= 15 is 0 Å². The number of hydrogen-bond donors (Lipinski definition) is 3. The molecule has 0 aromatic carbocycles. The number of aliphatic hydroxyl groups is 2. The van der Waals surface area contributed by atoms with Gasteiger partial charge in [-0.25, -0.2) is 18.7 Å². The maximum absolute atomic E-state index is 12.4. The highest BCUT2D eigenvalue weighted by Gasteiger charge is 2.60. The zero-order valence-electron chi connectivity index (χ0n) is 11.9. The van der Waals surface area contributed by atoms with E-state index in [1.165, 1.54) is 12.4 Å². The Morgan fingerprint density at radius 2 is 2.13 bits per heavy atom. The first-order chi connectivity index (χ1) is 11.0. The van der Waals surface area contributed by atoms with E-state index in [0.29, 0.717) is 16.9 Å². The fourth-order valence-electron chi connectivity index (χ4n) is 3.62. The summed E-state index contributed by atoms with van der Waals surface area (Å²) >= 11 is 5.99. The smallest absolute Gasteiger partial charge is 0.255 e. The molecule has 0 saturated heterocycles. The summed E-state index contributed by atoms with van der Waals surface area (Å²) in [6.07, 6.45) is -1.78. The highest BCUT2D eigenvalue weighted by molar-refractivity contribution is 6.30. The third-order valence-electron chi connectivity index (χ3n) is 4.74. The van der Waals surface area contributed by atoms with Crippen molar-refractivity contribution in [2.24, 2.45) is 11.8 Å². The second-order valence-electron chi connectivity index (χ2n) is 6.12. The number of halogens is 3. The monoisotopic (exact) mass is 344 g/mol. The molecule has 124 valence electrons. The minimum Gasteiger partial charge on any atom is -0.390 e. The van der Waals surface area contributed by atoms with Gasteiger partial charge in [0.05, 0.1) is 30.7 Å². The summed E-state index contributed by atoms with van der Waals surface area (Å²) in [6.45, 7) is -0.516. The Balaban J connectivity index is 1.75. The van der Waals surface area contributed by atoms with Crippen LogP contribution in [0.2, 0.25) is 5.15 Å². The van der Waals surface area contributed by atoms with Crippen molar-refractivity contribution in [3.63, 3.8) is 0 Å². The summed E-state index contributed by atoms with van der Waals surface area (Å²) < 4.78 is 26.5. The van der Waals surface area contributed by atoms with E-state index in [1.54, 1.807) is 4.57 Å². The minimum atomic E-state index is -2.50. The predicted octanol–water partition coefficient (Wildman–Crippen LogP) is 1.67. The van der Waals surface area contributed by atoms with E-state index in [0.717, 1.165) is 6.42 Å². The van der Waals surface area contributed by atoms with Crippen molar-refractivity contribution >= 4 is 28.5 Å². The van der Waals surface area contributed by atoms with Crippen LogP contribution in [0.1, 0.15) is 12.5 Å². The van der Waals surface area contributed by atoms with Crippen LogP contribution >= 0.6 is 11.6 Å². The van der Waals surface area contributed by atoms with E-state index in [4.69, 9.17) is 11.6 Å². The van der Waals surface area contributed by atoms with Crippen LogP contribution in [0.25, 0.3) is 11.2 Å². The van der Waals surface area contributed by atoms with Crippen LogP contribution in [0.3, 0.4) is 0 Å². The van der Waals surface area contributed by atoms with E-state index in [-0.39, 0.29) is 23.0 Å². The third-order valence-corrected chi connectivity index (χ3v) is 4.93. The molecular formula is C14H15ClF2N4O2. The molecule has 0 amide bonds. The topological polar surface area (TPSA) is 83.2 Å².